The van der Waals surface area contributed by atoms with Crippen molar-refractivity contribution >= 4 is 17.5 Å². The number of pyridine rings is 1. The Morgan fingerprint density at radius 1 is 1.12 bits per heavy atom. The van der Waals surface area contributed by atoms with E-state index in [2.05, 4.69) is 15.6 Å². The number of hydrogen-bond donors (Lipinski definition) is 2. The van der Waals surface area contributed by atoms with Gasteiger partial charge < -0.3 is 10.6 Å². The highest BCUT2D eigenvalue weighted by atomic mass is 19.4. The number of carbonyl (C=O) groups is 2. The molecule has 130 valence electrons. The molecule has 25 heavy (non-hydrogen) atoms. The fraction of sp³-hybridized carbons (Fsp3) is 0.235. The molecule has 1 aromatic heterocycles. The molecule has 1 atom stereocenters. The maximum Gasteiger partial charge on any atom is 0.433 e. The number of benzene rings is 1. The van der Waals surface area contributed by atoms with Crippen LogP contribution in [0.15, 0.2) is 42.6 Å². The van der Waals surface area contributed by atoms with Gasteiger partial charge in [-0.1, -0.05) is 24.3 Å². The lowest BCUT2D eigenvalue weighted by Gasteiger charge is -2.30. The Bertz CT molecular complexity index is 804. The van der Waals surface area contributed by atoms with Crippen LogP contribution >= 0.6 is 0 Å². The van der Waals surface area contributed by atoms with Gasteiger partial charge in [-0.25, -0.2) is 4.98 Å². The Balaban J connectivity index is 1.51. The molecule has 0 fully saturated rings. The molecule has 1 heterocycles. The molecule has 8 heteroatoms. The summed E-state index contributed by atoms with van der Waals surface area (Å²) in [5.41, 5.74) is 1.32. The Labute approximate surface area is 141 Å². The van der Waals surface area contributed by atoms with E-state index >= 15 is 0 Å². The van der Waals surface area contributed by atoms with E-state index in [1.807, 2.05) is 24.3 Å². The number of fused-ring (bicyclic) bond motifs is 1. The third kappa shape index (κ3) is 3.78. The SMILES string of the molecule is O=C(NC[C@@H]1Cc2ccccc21)C(=O)Nc1ccc(C(F)(F)F)nc1. The van der Waals surface area contributed by atoms with Crippen LogP contribution in [0, 0.1) is 0 Å². The van der Waals surface area contributed by atoms with Crippen LogP contribution in [0.3, 0.4) is 0 Å². The molecule has 0 saturated heterocycles. The molecule has 1 aliphatic rings. The molecule has 0 spiro atoms. The molecular weight excluding hydrogens is 335 g/mol. The van der Waals surface area contributed by atoms with Gasteiger partial charge in [-0.05, 0) is 29.7 Å². The van der Waals surface area contributed by atoms with Crippen LogP contribution in [-0.2, 0) is 22.2 Å². The van der Waals surface area contributed by atoms with Crippen molar-refractivity contribution in [2.75, 3.05) is 11.9 Å². The highest BCUT2D eigenvalue weighted by Crippen LogP contribution is 2.34. The van der Waals surface area contributed by atoms with Crippen molar-refractivity contribution in [2.45, 2.75) is 18.5 Å². The first-order chi connectivity index (χ1) is 11.8. The van der Waals surface area contributed by atoms with Crippen LogP contribution < -0.4 is 10.6 Å². The van der Waals surface area contributed by atoms with Crippen molar-refractivity contribution in [1.82, 2.24) is 10.3 Å². The van der Waals surface area contributed by atoms with E-state index in [1.54, 1.807) is 0 Å². The molecule has 1 aliphatic carbocycles. The van der Waals surface area contributed by atoms with Crippen LogP contribution in [0.2, 0.25) is 0 Å². The number of alkyl halides is 3. The molecule has 0 aliphatic heterocycles. The number of nitrogens with one attached hydrogen (secondary N) is 2. The second-order valence-corrected chi connectivity index (χ2v) is 5.69. The molecule has 0 radical (unpaired) electrons. The fourth-order valence-electron chi connectivity index (χ4n) is 2.66. The maximum atomic E-state index is 12.4. The van der Waals surface area contributed by atoms with Gasteiger partial charge in [0.15, 0.2) is 0 Å². The average Bonchev–Trinajstić information content (AvgIpc) is 2.55. The van der Waals surface area contributed by atoms with Gasteiger partial charge in [0.2, 0.25) is 0 Å². The molecular formula is C17H14F3N3O2. The van der Waals surface area contributed by atoms with Gasteiger partial charge >= 0.3 is 18.0 Å². The summed E-state index contributed by atoms with van der Waals surface area (Å²) >= 11 is 0. The number of hydrogen-bond acceptors (Lipinski definition) is 3. The minimum Gasteiger partial charge on any atom is -0.347 e. The van der Waals surface area contributed by atoms with Crippen LogP contribution in [0.4, 0.5) is 18.9 Å². The summed E-state index contributed by atoms with van der Waals surface area (Å²) in [6.45, 7) is 0.328. The average molecular weight is 349 g/mol. The van der Waals surface area contributed by atoms with Crippen molar-refractivity contribution in [3.63, 3.8) is 0 Å². The number of halogens is 3. The van der Waals surface area contributed by atoms with Crippen LogP contribution in [0.25, 0.3) is 0 Å². The summed E-state index contributed by atoms with van der Waals surface area (Å²) in [7, 11) is 0. The van der Waals surface area contributed by atoms with Crippen LogP contribution in [0.5, 0.6) is 0 Å². The normalized spacial score (nSPS) is 15.7. The molecule has 3 rings (SSSR count). The third-order valence-electron chi connectivity index (χ3n) is 3.99. The lowest BCUT2D eigenvalue weighted by molar-refractivity contribution is -0.141. The number of nitrogens with zero attached hydrogens (tertiary/aromatic N) is 1. The van der Waals surface area contributed by atoms with E-state index < -0.39 is 23.7 Å². The second-order valence-electron chi connectivity index (χ2n) is 5.69. The molecule has 2 aromatic rings. The molecule has 5 nitrogen and oxygen atoms in total. The first-order valence-electron chi connectivity index (χ1n) is 7.55. The van der Waals surface area contributed by atoms with E-state index in [-0.39, 0.29) is 11.6 Å². The summed E-state index contributed by atoms with van der Waals surface area (Å²) in [5, 5.41) is 4.75. The topological polar surface area (TPSA) is 71.1 Å². The van der Waals surface area contributed by atoms with E-state index in [0.29, 0.717) is 6.54 Å². The predicted octanol–water partition coefficient (Wildman–Crippen LogP) is 2.50. The van der Waals surface area contributed by atoms with Crippen molar-refractivity contribution in [2.24, 2.45) is 0 Å². The minimum absolute atomic E-state index is 0.0159. The van der Waals surface area contributed by atoms with Gasteiger partial charge in [0.05, 0.1) is 11.9 Å². The fourth-order valence-corrected chi connectivity index (χ4v) is 2.66. The van der Waals surface area contributed by atoms with E-state index in [1.165, 1.54) is 5.56 Å². The smallest absolute Gasteiger partial charge is 0.347 e. The predicted molar refractivity (Wildman–Crippen MR) is 83.8 cm³/mol. The van der Waals surface area contributed by atoms with Crippen molar-refractivity contribution < 1.29 is 22.8 Å². The monoisotopic (exact) mass is 349 g/mol. The van der Waals surface area contributed by atoms with Gasteiger partial charge in [-0.15, -0.1) is 0 Å². The van der Waals surface area contributed by atoms with Gasteiger partial charge in [-0.2, -0.15) is 13.2 Å². The van der Waals surface area contributed by atoms with Crippen molar-refractivity contribution in [1.29, 1.82) is 0 Å². The van der Waals surface area contributed by atoms with Gasteiger partial charge in [0.1, 0.15) is 5.69 Å². The zero-order valence-corrected chi connectivity index (χ0v) is 12.9. The van der Waals surface area contributed by atoms with Gasteiger partial charge in [0.25, 0.3) is 0 Å². The Morgan fingerprint density at radius 2 is 1.88 bits per heavy atom. The zero-order valence-electron chi connectivity index (χ0n) is 12.9. The van der Waals surface area contributed by atoms with E-state index in [4.69, 9.17) is 0 Å². The number of anilines is 1. The highest BCUT2D eigenvalue weighted by molar-refractivity contribution is 6.39. The largest absolute Gasteiger partial charge is 0.433 e. The zero-order chi connectivity index (χ0) is 18.0. The minimum atomic E-state index is -4.56. The lowest BCUT2D eigenvalue weighted by Crippen LogP contribution is -2.39. The lowest BCUT2D eigenvalue weighted by atomic mass is 9.77. The quantitative estimate of drug-likeness (QED) is 0.837. The third-order valence-corrected chi connectivity index (χ3v) is 3.99. The van der Waals surface area contributed by atoms with Crippen molar-refractivity contribution in [3.05, 3.63) is 59.4 Å². The summed E-state index contributed by atoms with van der Waals surface area (Å²) in [6.07, 6.45) is -2.87. The van der Waals surface area contributed by atoms with Gasteiger partial charge in [-0.3, -0.25) is 9.59 Å². The Hall–Kier alpha value is -2.90. The van der Waals surface area contributed by atoms with E-state index in [9.17, 15) is 22.8 Å². The molecule has 2 amide bonds. The summed E-state index contributed by atoms with van der Waals surface area (Å²) in [6, 6.07) is 9.62. The highest BCUT2D eigenvalue weighted by Gasteiger charge is 2.32. The standard InChI is InChI=1S/C17H14F3N3O2/c18-17(19,20)14-6-5-12(9-21-14)23-16(25)15(24)22-8-11-7-10-3-1-2-4-13(10)11/h1-6,9,11H,7-8H2,(H,22,24)(H,23,25)/t11-/m0/s1. The molecule has 0 unspecified atom stereocenters. The van der Waals surface area contributed by atoms with Gasteiger partial charge in [0, 0.05) is 12.5 Å². The maximum absolute atomic E-state index is 12.4. The van der Waals surface area contributed by atoms with Crippen molar-refractivity contribution in [3.8, 4) is 0 Å². The molecule has 1 aromatic carbocycles. The first-order valence-corrected chi connectivity index (χ1v) is 7.55. The molecule has 2 N–H and O–H groups in total. The molecule has 0 saturated carbocycles. The number of carbonyl (C=O) groups excluding carboxylic acids is 2. The second kappa shape index (κ2) is 6.54. The Morgan fingerprint density at radius 3 is 2.52 bits per heavy atom. The summed E-state index contributed by atoms with van der Waals surface area (Å²) in [5.74, 6) is -1.63. The first kappa shape index (κ1) is 16.9. The number of rotatable bonds is 3. The van der Waals surface area contributed by atoms with Crippen LogP contribution in [-0.4, -0.2) is 23.3 Å². The Kier molecular flexibility index (Phi) is 4.43. The number of amides is 2. The van der Waals surface area contributed by atoms with E-state index in [0.717, 1.165) is 30.3 Å². The number of aromatic nitrogens is 1. The van der Waals surface area contributed by atoms with Crippen LogP contribution in [0.1, 0.15) is 22.7 Å². The molecule has 0 bridgehead atoms. The summed E-state index contributed by atoms with van der Waals surface area (Å²) in [4.78, 5) is 26.8. The summed E-state index contributed by atoms with van der Waals surface area (Å²) < 4.78 is 37.3.